The van der Waals surface area contributed by atoms with Gasteiger partial charge in [0.2, 0.25) is 5.91 Å². The third kappa shape index (κ3) is 1.52. The van der Waals surface area contributed by atoms with Gasteiger partial charge in [-0.2, -0.15) is 0 Å². The van der Waals surface area contributed by atoms with Crippen LogP contribution in [0.2, 0.25) is 0 Å². The van der Waals surface area contributed by atoms with Gasteiger partial charge in [-0.1, -0.05) is 0 Å². The first-order valence-corrected chi connectivity index (χ1v) is 4.27. The van der Waals surface area contributed by atoms with Gasteiger partial charge in [0.05, 0.1) is 0 Å². The second kappa shape index (κ2) is 2.80. The number of hydrogen-bond donors (Lipinski definition) is 1. The Hall–Kier alpha value is -1.45. The van der Waals surface area contributed by atoms with Gasteiger partial charge >= 0.3 is 0 Å². The van der Waals surface area contributed by atoms with Gasteiger partial charge in [0, 0.05) is 23.7 Å². The first kappa shape index (κ1) is 8.16. The molecule has 4 heteroatoms. The normalized spacial score (nSPS) is 25.6. The van der Waals surface area contributed by atoms with E-state index in [1.165, 1.54) is 0 Å². The van der Waals surface area contributed by atoms with Crippen LogP contribution in [-0.2, 0) is 4.79 Å². The summed E-state index contributed by atoms with van der Waals surface area (Å²) in [5, 5.41) is 0. The quantitative estimate of drug-likeness (QED) is 0.709. The lowest BCUT2D eigenvalue weighted by molar-refractivity contribution is -0.119. The molecule has 68 valence electrons. The Balaban J connectivity index is 2.16. The van der Waals surface area contributed by atoms with Crippen molar-refractivity contribution in [1.29, 1.82) is 0 Å². The van der Waals surface area contributed by atoms with Crippen molar-refractivity contribution in [1.82, 2.24) is 9.97 Å². The molecule has 1 saturated carbocycles. The molecule has 0 radical (unpaired) electrons. The van der Waals surface area contributed by atoms with E-state index in [-0.39, 0.29) is 17.7 Å². The van der Waals surface area contributed by atoms with E-state index < -0.39 is 0 Å². The number of nitrogens with two attached hydrogens (primary N) is 1. The number of hydrogen-bond acceptors (Lipinski definition) is 3. The monoisotopic (exact) mass is 177 g/mol. The first-order chi connectivity index (χ1) is 6.18. The van der Waals surface area contributed by atoms with Crippen LogP contribution in [0.3, 0.4) is 0 Å². The number of primary amides is 1. The zero-order valence-electron chi connectivity index (χ0n) is 7.40. The molecule has 2 N–H and O–H groups in total. The van der Waals surface area contributed by atoms with Crippen molar-refractivity contribution in [2.75, 3.05) is 0 Å². The van der Waals surface area contributed by atoms with Crippen LogP contribution in [0.25, 0.3) is 0 Å². The third-order valence-corrected chi connectivity index (χ3v) is 2.30. The summed E-state index contributed by atoms with van der Waals surface area (Å²) in [4.78, 5) is 19.2. The van der Waals surface area contributed by atoms with Crippen LogP contribution in [0.15, 0.2) is 12.3 Å². The predicted molar refractivity (Wildman–Crippen MR) is 46.8 cm³/mol. The summed E-state index contributed by atoms with van der Waals surface area (Å²) in [5.41, 5.74) is 6.10. The van der Waals surface area contributed by atoms with Crippen molar-refractivity contribution in [2.45, 2.75) is 19.3 Å². The molecule has 1 fully saturated rings. The molecule has 1 aromatic rings. The van der Waals surface area contributed by atoms with Crippen LogP contribution in [0, 0.1) is 12.8 Å². The second-order valence-corrected chi connectivity index (χ2v) is 3.41. The van der Waals surface area contributed by atoms with Crippen molar-refractivity contribution in [3.63, 3.8) is 0 Å². The van der Waals surface area contributed by atoms with E-state index in [9.17, 15) is 4.79 Å². The minimum absolute atomic E-state index is 0.0400. The van der Waals surface area contributed by atoms with Crippen LogP contribution in [0.5, 0.6) is 0 Å². The van der Waals surface area contributed by atoms with Crippen molar-refractivity contribution < 1.29 is 4.79 Å². The molecule has 1 aliphatic carbocycles. The molecule has 1 aromatic heterocycles. The molecule has 1 heterocycles. The summed E-state index contributed by atoms with van der Waals surface area (Å²) in [7, 11) is 0. The lowest BCUT2D eigenvalue weighted by Gasteiger charge is -1.97. The SMILES string of the molecule is Cc1ccnc(C2CC2C(N)=O)n1. The van der Waals surface area contributed by atoms with E-state index in [0.29, 0.717) is 0 Å². The average Bonchev–Trinajstić information content (AvgIpc) is 2.82. The average molecular weight is 177 g/mol. The maximum Gasteiger partial charge on any atom is 0.221 e. The van der Waals surface area contributed by atoms with Crippen LogP contribution < -0.4 is 5.73 Å². The molecule has 0 aliphatic heterocycles. The van der Waals surface area contributed by atoms with Crippen molar-refractivity contribution in [3.8, 4) is 0 Å². The predicted octanol–water partition coefficient (Wildman–Crippen LogP) is 0.374. The Bertz CT molecular complexity index is 350. The standard InChI is InChI=1S/C9H11N3O/c1-5-2-3-11-9(12-5)7-4-6(7)8(10)13/h2-3,6-7H,4H2,1H3,(H2,10,13). The van der Waals surface area contributed by atoms with Gasteiger partial charge in [0.25, 0.3) is 0 Å². The summed E-state index contributed by atoms with van der Waals surface area (Å²) < 4.78 is 0. The maximum absolute atomic E-state index is 10.8. The maximum atomic E-state index is 10.8. The number of carbonyl (C=O) groups excluding carboxylic acids is 1. The van der Waals surface area contributed by atoms with Crippen molar-refractivity contribution in [3.05, 3.63) is 23.8 Å². The van der Waals surface area contributed by atoms with Gasteiger partial charge in [-0.05, 0) is 19.4 Å². The second-order valence-electron chi connectivity index (χ2n) is 3.41. The molecule has 2 rings (SSSR count). The van der Waals surface area contributed by atoms with Crippen molar-refractivity contribution >= 4 is 5.91 Å². The number of rotatable bonds is 2. The molecule has 13 heavy (non-hydrogen) atoms. The fraction of sp³-hybridized carbons (Fsp3) is 0.444. The molecule has 1 aliphatic rings. The highest BCUT2D eigenvalue weighted by molar-refractivity contribution is 5.80. The summed E-state index contributed by atoms with van der Waals surface area (Å²) in [6.07, 6.45) is 2.52. The Morgan fingerprint density at radius 1 is 1.69 bits per heavy atom. The Morgan fingerprint density at radius 2 is 2.46 bits per heavy atom. The molecule has 0 spiro atoms. The van der Waals surface area contributed by atoms with Crippen LogP contribution in [0.4, 0.5) is 0 Å². The highest BCUT2D eigenvalue weighted by Crippen LogP contribution is 2.45. The summed E-state index contributed by atoms with van der Waals surface area (Å²) in [6, 6.07) is 1.84. The topological polar surface area (TPSA) is 68.9 Å². The molecular weight excluding hydrogens is 166 g/mol. The van der Waals surface area contributed by atoms with E-state index >= 15 is 0 Å². The highest BCUT2D eigenvalue weighted by atomic mass is 16.1. The lowest BCUT2D eigenvalue weighted by Crippen LogP contribution is -2.14. The Kier molecular flexibility index (Phi) is 1.76. The van der Waals surface area contributed by atoms with Crippen molar-refractivity contribution in [2.24, 2.45) is 11.7 Å². The first-order valence-electron chi connectivity index (χ1n) is 4.27. The van der Waals surface area contributed by atoms with E-state index in [2.05, 4.69) is 9.97 Å². The number of amides is 1. The van der Waals surface area contributed by atoms with E-state index in [1.54, 1.807) is 6.20 Å². The fourth-order valence-electron chi connectivity index (χ4n) is 1.44. The molecule has 2 atom stereocenters. The largest absolute Gasteiger partial charge is 0.369 e. The summed E-state index contributed by atoms with van der Waals surface area (Å²) >= 11 is 0. The van der Waals surface area contributed by atoms with E-state index in [0.717, 1.165) is 17.9 Å². The lowest BCUT2D eigenvalue weighted by atomic mass is 10.3. The number of aryl methyl sites for hydroxylation is 1. The molecular formula is C9H11N3O. The zero-order chi connectivity index (χ0) is 9.42. The smallest absolute Gasteiger partial charge is 0.221 e. The summed E-state index contributed by atoms with van der Waals surface area (Å²) in [5.74, 6) is 0.637. The van der Waals surface area contributed by atoms with E-state index in [1.807, 2.05) is 13.0 Å². The van der Waals surface area contributed by atoms with Crippen LogP contribution in [-0.4, -0.2) is 15.9 Å². The number of carbonyl (C=O) groups is 1. The van der Waals surface area contributed by atoms with Gasteiger partial charge in [0.1, 0.15) is 5.82 Å². The molecule has 0 saturated heterocycles. The highest BCUT2D eigenvalue weighted by Gasteiger charge is 2.44. The minimum atomic E-state index is -0.241. The Morgan fingerprint density at radius 3 is 3.00 bits per heavy atom. The number of nitrogens with zero attached hydrogens (tertiary/aromatic N) is 2. The van der Waals surface area contributed by atoms with Crippen LogP contribution in [0.1, 0.15) is 23.9 Å². The zero-order valence-corrected chi connectivity index (χ0v) is 7.40. The van der Waals surface area contributed by atoms with Gasteiger partial charge in [0.15, 0.2) is 0 Å². The number of aromatic nitrogens is 2. The molecule has 1 amide bonds. The van der Waals surface area contributed by atoms with Gasteiger partial charge in [-0.25, -0.2) is 9.97 Å². The molecule has 0 aromatic carbocycles. The summed E-state index contributed by atoms with van der Waals surface area (Å²) in [6.45, 7) is 1.91. The van der Waals surface area contributed by atoms with Gasteiger partial charge < -0.3 is 5.73 Å². The third-order valence-electron chi connectivity index (χ3n) is 2.30. The minimum Gasteiger partial charge on any atom is -0.369 e. The van der Waals surface area contributed by atoms with Gasteiger partial charge in [-0.15, -0.1) is 0 Å². The van der Waals surface area contributed by atoms with E-state index in [4.69, 9.17) is 5.73 Å². The molecule has 2 unspecified atom stereocenters. The molecule has 0 bridgehead atoms. The van der Waals surface area contributed by atoms with Gasteiger partial charge in [-0.3, -0.25) is 4.79 Å². The fourth-order valence-corrected chi connectivity index (χ4v) is 1.44. The molecule has 4 nitrogen and oxygen atoms in total. The Labute approximate surface area is 76.2 Å². The van der Waals surface area contributed by atoms with Crippen LogP contribution >= 0.6 is 0 Å².